The molecule has 1 aromatic heterocycles. The highest BCUT2D eigenvalue weighted by Crippen LogP contribution is 2.40. The van der Waals surface area contributed by atoms with Gasteiger partial charge in [0, 0.05) is 12.1 Å². The van der Waals surface area contributed by atoms with Gasteiger partial charge in [0.25, 0.3) is 0 Å². The van der Waals surface area contributed by atoms with Crippen LogP contribution < -0.4 is 5.73 Å². The normalized spacial score (nSPS) is 21.6. The molecule has 0 saturated carbocycles. The smallest absolute Gasteiger partial charge is 0.158 e. The molecule has 1 unspecified atom stereocenters. The van der Waals surface area contributed by atoms with E-state index in [1.54, 1.807) is 0 Å². The Kier molecular flexibility index (Phi) is 3.05. The summed E-state index contributed by atoms with van der Waals surface area (Å²) in [4.78, 5) is 11.3. The topological polar surface area (TPSA) is 43.1 Å². The van der Waals surface area contributed by atoms with Gasteiger partial charge in [-0.2, -0.15) is 0 Å². The van der Waals surface area contributed by atoms with E-state index in [-0.39, 0.29) is 11.7 Å². The maximum atomic E-state index is 11.3. The minimum absolute atomic E-state index is 0.0575. The van der Waals surface area contributed by atoms with Crippen LogP contribution in [0.3, 0.4) is 0 Å². The van der Waals surface area contributed by atoms with Crippen LogP contribution in [-0.4, -0.2) is 5.78 Å². The quantitative estimate of drug-likeness (QED) is 0.843. The van der Waals surface area contributed by atoms with Gasteiger partial charge in [0.05, 0.1) is 8.67 Å². The molecule has 1 aliphatic carbocycles. The molecule has 5 heteroatoms. The maximum absolute atomic E-state index is 11.3. The van der Waals surface area contributed by atoms with Crippen LogP contribution in [0.2, 0.25) is 8.67 Å². The molecule has 1 aromatic rings. The number of nitrogens with two attached hydrogens (primary N) is 1. The van der Waals surface area contributed by atoms with Gasteiger partial charge in [-0.05, 0) is 30.0 Å². The first-order valence-corrected chi connectivity index (χ1v) is 6.07. The molecule has 2 rings (SSSR count). The number of rotatable bonds is 1. The third-order valence-electron chi connectivity index (χ3n) is 2.40. The lowest BCUT2D eigenvalue weighted by Crippen LogP contribution is -2.16. The van der Waals surface area contributed by atoms with Crippen LogP contribution in [0.15, 0.2) is 17.8 Å². The Morgan fingerprint density at radius 1 is 1.40 bits per heavy atom. The van der Waals surface area contributed by atoms with Crippen molar-refractivity contribution < 1.29 is 4.79 Å². The second kappa shape index (κ2) is 4.16. The number of carbonyl (C=O) groups excluding carboxylic acids is 1. The van der Waals surface area contributed by atoms with Crippen molar-refractivity contribution in [3.05, 3.63) is 32.1 Å². The second-order valence-corrected chi connectivity index (χ2v) is 5.86. The van der Waals surface area contributed by atoms with Gasteiger partial charge in [-0.1, -0.05) is 23.2 Å². The Labute approximate surface area is 102 Å². The first-order valence-electron chi connectivity index (χ1n) is 4.50. The van der Waals surface area contributed by atoms with E-state index in [0.29, 0.717) is 27.2 Å². The monoisotopic (exact) mass is 261 g/mol. The van der Waals surface area contributed by atoms with Gasteiger partial charge in [-0.25, -0.2) is 0 Å². The Morgan fingerprint density at radius 3 is 2.67 bits per heavy atom. The van der Waals surface area contributed by atoms with Gasteiger partial charge >= 0.3 is 0 Å². The molecule has 2 nitrogen and oxygen atoms in total. The molecule has 0 spiro atoms. The van der Waals surface area contributed by atoms with Crippen LogP contribution in [0.25, 0.3) is 0 Å². The number of ketones is 1. The highest BCUT2D eigenvalue weighted by Gasteiger charge is 2.24. The summed E-state index contributed by atoms with van der Waals surface area (Å²) < 4.78 is 1.31. The van der Waals surface area contributed by atoms with E-state index in [2.05, 4.69) is 0 Å². The van der Waals surface area contributed by atoms with Gasteiger partial charge in [0.1, 0.15) is 0 Å². The molecule has 15 heavy (non-hydrogen) atoms. The molecule has 1 heterocycles. The predicted octanol–water partition coefficient (Wildman–Crippen LogP) is 3.34. The zero-order chi connectivity index (χ0) is 11.0. The van der Waals surface area contributed by atoms with Gasteiger partial charge in [-0.15, -0.1) is 11.3 Å². The van der Waals surface area contributed by atoms with Crippen molar-refractivity contribution in [2.75, 3.05) is 0 Å². The number of allylic oxidation sites excluding steroid dienone is 2. The lowest BCUT2D eigenvalue weighted by molar-refractivity contribution is -0.115. The molecule has 0 aliphatic heterocycles. The van der Waals surface area contributed by atoms with E-state index < -0.39 is 0 Å². The minimum Gasteiger partial charge on any atom is -0.402 e. The highest BCUT2D eigenvalue weighted by atomic mass is 35.5. The average molecular weight is 262 g/mol. The summed E-state index contributed by atoms with van der Waals surface area (Å²) in [6.45, 7) is 0. The molecule has 0 fully saturated rings. The molecule has 1 aliphatic rings. The second-order valence-electron chi connectivity index (χ2n) is 3.57. The van der Waals surface area contributed by atoms with Crippen LogP contribution in [-0.2, 0) is 4.79 Å². The van der Waals surface area contributed by atoms with Crippen molar-refractivity contribution in [2.45, 2.75) is 18.8 Å². The summed E-state index contributed by atoms with van der Waals surface area (Å²) in [5.74, 6) is 0.140. The third kappa shape index (κ3) is 2.36. The molecule has 0 radical (unpaired) electrons. The Hall–Kier alpha value is -0.510. The third-order valence-corrected chi connectivity index (χ3v) is 3.92. The van der Waals surface area contributed by atoms with E-state index >= 15 is 0 Å². The summed E-state index contributed by atoms with van der Waals surface area (Å²) in [7, 11) is 0. The van der Waals surface area contributed by atoms with E-state index in [0.717, 1.165) is 5.56 Å². The first-order chi connectivity index (χ1) is 7.06. The van der Waals surface area contributed by atoms with E-state index in [4.69, 9.17) is 28.9 Å². The fourth-order valence-electron chi connectivity index (χ4n) is 1.78. The van der Waals surface area contributed by atoms with Gasteiger partial charge in [0.2, 0.25) is 0 Å². The molecular weight excluding hydrogens is 253 g/mol. The number of carbonyl (C=O) groups is 1. The molecule has 80 valence electrons. The molecule has 0 aromatic carbocycles. The molecule has 2 N–H and O–H groups in total. The van der Waals surface area contributed by atoms with Gasteiger partial charge < -0.3 is 5.73 Å². The molecule has 0 bridgehead atoms. The zero-order valence-electron chi connectivity index (χ0n) is 7.80. The molecular formula is C10H9Cl2NOS. The van der Waals surface area contributed by atoms with E-state index in [1.807, 2.05) is 6.07 Å². The zero-order valence-corrected chi connectivity index (χ0v) is 10.1. The van der Waals surface area contributed by atoms with E-state index in [1.165, 1.54) is 17.4 Å². The Morgan fingerprint density at radius 2 is 2.13 bits per heavy atom. The standard InChI is InChI=1S/C10H9Cl2NOS/c11-9-4-8(10(12)15-9)5-1-6(13)3-7(14)2-5/h3-5H,1-2,13H2. The van der Waals surface area contributed by atoms with Gasteiger partial charge in [-0.3, -0.25) is 4.79 Å². The van der Waals surface area contributed by atoms with Crippen molar-refractivity contribution in [3.8, 4) is 0 Å². The van der Waals surface area contributed by atoms with Crippen LogP contribution in [0.4, 0.5) is 0 Å². The predicted molar refractivity (Wildman–Crippen MR) is 63.6 cm³/mol. The summed E-state index contributed by atoms with van der Waals surface area (Å²) in [5, 5.41) is 0. The van der Waals surface area contributed by atoms with Crippen molar-refractivity contribution in [1.29, 1.82) is 0 Å². The summed E-state index contributed by atoms with van der Waals surface area (Å²) in [6.07, 6.45) is 2.64. The Balaban J connectivity index is 2.29. The lowest BCUT2D eigenvalue weighted by atomic mass is 9.87. The summed E-state index contributed by atoms with van der Waals surface area (Å²) in [5.41, 5.74) is 7.24. The first kappa shape index (κ1) is 11.0. The highest BCUT2D eigenvalue weighted by molar-refractivity contribution is 7.20. The van der Waals surface area contributed by atoms with Crippen molar-refractivity contribution >= 4 is 40.3 Å². The fourth-order valence-corrected chi connectivity index (χ4v) is 3.40. The van der Waals surface area contributed by atoms with Crippen molar-refractivity contribution in [3.63, 3.8) is 0 Å². The van der Waals surface area contributed by atoms with Crippen LogP contribution in [0.1, 0.15) is 24.3 Å². The average Bonchev–Trinajstić information content (AvgIpc) is 2.43. The molecule has 0 saturated heterocycles. The summed E-state index contributed by atoms with van der Waals surface area (Å²) in [6, 6.07) is 1.82. The molecule has 0 amide bonds. The number of thiophene rings is 1. The van der Waals surface area contributed by atoms with E-state index in [9.17, 15) is 4.79 Å². The fraction of sp³-hybridized carbons (Fsp3) is 0.300. The SMILES string of the molecule is NC1=CC(=O)CC(c2cc(Cl)sc2Cl)C1. The molecule has 1 atom stereocenters. The van der Waals surface area contributed by atoms with Gasteiger partial charge in [0.15, 0.2) is 5.78 Å². The van der Waals surface area contributed by atoms with Crippen LogP contribution >= 0.6 is 34.5 Å². The Bertz CT molecular complexity index is 439. The van der Waals surface area contributed by atoms with Crippen LogP contribution in [0, 0.1) is 0 Å². The number of hydrogen-bond acceptors (Lipinski definition) is 3. The maximum Gasteiger partial charge on any atom is 0.158 e. The summed E-state index contributed by atoms with van der Waals surface area (Å²) >= 11 is 13.2. The number of halogens is 2. The minimum atomic E-state index is 0.0575. The largest absolute Gasteiger partial charge is 0.402 e. The van der Waals surface area contributed by atoms with Crippen LogP contribution in [0.5, 0.6) is 0 Å². The van der Waals surface area contributed by atoms with Crippen molar-refractivity contribution in [2.24, 2.45) is 5.73 Å². The number of hydrogen-bond donors (Lipinski definition) is 1. The van der Waals surface area contributed by atoms with Crippen molar-refractivity contribution in [1.82, 2.24) is 0 Å². The lowest BCUT2D eigenvalue weighted by Gasteiger charge is -2.19.